The van der Waals surface area contributed by atoms with Crippen molar-refractivity contribution in [2.24, 2.45) is 0 Å². The number of hydrogen-bond acceptors (Lipinski definition) is 1. The minimum absolute atomic E-state index is 0.226. The Morgan fingerprint density at radius 1 is 0.947 bits per heavy atom. The second-order valence-electron chi connectivity index (χ2n) is 4.39. The van der Waals surface area contributed by atoms with Gasteiger partial charge in [-0.2, -0.15) is 0 Å². The highest BCUT2D eigenvalue weighted by atomic mass is 35.5. The molecule has 0 aliphatic rings. The highest BCUT2D eigenvalue weighted by Gasteiger charge is 2.06. The van der Waals surface area contributed by atoms with Crippen LogP contribution >= 0.6 is 34.8 Å². The van der Waals surface area contributed by atoms with E-state index in [4.69, 9.17) is 34.8 Å². The maximum Gasteiger partial charge on any atom is 0.0465 e. The van der Waals surface area contributed by atoms with Crippen molar-refractivity contribution >= 4 is 34.8 Å². The summed E-state index contributed by atoms with van der Waals surface area (Å²) in [5, 5.41) is 5.51. The molecule has 2 aromatic rings. The van der Waals surface area contributed by atoms with Crippen molar-refractivity contribution in [2.45, 2.75) is 19.5 Å². The van der Waals surface area contributed by atoms with Crippen molar-refractivity contribution < 1.29 is 0 Å². The summed E-state index contributed by atoms with van der Waals surface area (Å²) in [6.45, 7) is 2.80. The van der Waals surface area contributed by atoms with E-state index in [1.807, 2.05) is 36.4 Å². The lowest BCUT2D eigenvalue weighted by molar-refractivity contribution is 0.575. The second-order valence-corrected chi connectivity index (χ2v) is 5.67. The molecule has 0 aliphatic carbocycles. The van der Waals surface area contributed by atoms with Gasteiger partial charge in [0.05, 0.1) is 0 Å². The van der Waals surface area contributed by atoms with Crippen LogP contribution in [-0.2, 0) is 6.54 Å². The molecular formula is C15H14Cl3N. The third-order valence-electron chi connectivity index (χ3n) is 2.98. The maximum absolute atomic E-state index is 6.14. The van der Waals surface area contributed by atoms with E-state index in [0.29, 0.717) is 16.6 Å². The SMILES string of the molecule is CC(NCc1ccc(Cl)cc1Cl)c1ccc(Cl)cc1. The van der Waals surface area contributed by atoms with Gasteiger partial charge in [0.2, 0.25) is 0 Å². The number of nitrogens with one attached hydrogen (secondary N) is 1. The number of hydrogen-bond donors (Lipinski definition) is 1. The first kappa shape index (κ1) is 14.7. The fourth-order valence-corrected chi connectivity index (χ4v) is 2.40. The van der Waals surface area contributed by atoms with Gasteiger partial charge in [-0.15, -0.1) is 0 Å². The highest BCUT2D eigenvalue weighted by molar-refractivity contribution is 6.35. The maximum atomic E-state index is 6.14. The summed E-state index contributed by atoms with van der Waals surface area (Å²) in [5.74, 6) is 0. The van der Waals surface area contributed by atoms with Gasteiger partial charge in [0, 0.05) is 27.7 Å². The third kappa shape index (κ3) is 4.12. The van der Waals surface area contributed by atoms with E-state index in [0.717, 1.165) is 10.6 Å². The van der Waals surface area contributed by atoms with Crippen molar-refractivity contribution in [1.29, 1.82) is 0 Å². The molecular weight excluding hydrogens is 301 g/mol. The van der Waals surface area contributed by atoms with Crippen LogP contribution < -0.4 is 5.32 Å². The highest BCUT2D eigenvalue weighted by Crippen LogP contribution is 2.22. The van der Waals surface area contributed by atoms with E-state index in [9.17, 15) is 0 Å². The van der Waals surface area contributed by atoms with Crippen molar-refractivity contribution in [3.63, 3.8) is 0 Å². The Balaban J connectivity index is 2.00. The van der Waals surface area contributed by atoms with Crippen LogP contribution in [0, 0.1) is 0 Å². The van der Waals surface area contributed by atoms with Gasteiger partial charge in [-0.3, -0.25) is 0 Å². The molecule has 4 heteroatoms. The first-order valence-electron chi connectivity index (χ1n) is 5.99. The van der Waals surface area contributed by atoms with Gasteiger partial charge >= 0.3 is 0 Å². The molecule has 0 aliphatic heterocycles. The average Bonchev–Trinajstić information content (AvgIpc) is 2.38. The van der Waals surface area contributed by atoms with Crippen LogP contribution in [-0.4, -0.2) is 0 Å². The predicted molar refractivity (Wildman–Crippen MR) is 83.2 cm³/mol. The van der Waals surface area contributed by atoms with Crippen molar-refractivity contribution in [1.82, 2.24) is 5.32 Å². The van der Waals surface area contributed by atoms with Crippen LogP contribution in [0.15, 0.2) is 42.5 Å². The van der Waals surface area contributed by atoms with Gasteiger partial charge in [0.1, 0.15) is 0 Å². The minimum Gasteiger partial charge on any atom is -0.306 e. The van der Waals surface area contributed by atoms with Crippen LogP contribution in [0.25, 0.3) is 0 Å². The molecule has 19 heavy (non-hydrogen) atoms. The molecule has 0 fully saturated rings. The molecule has 1 nitrogen and oxygen atoms in total. The largest absolute Gasteiger partial charge is 0.306 e. The molecule has 0 amide bonds. The molecule has 0 spiro atoms. The van der Waals surface area contributed by atoms with E-state index in [1.165, 1.54) is 5.56 Å². The molecule has 0 saturated carbocycles. The van der Waals surface area contributed by atoms with Gasteiger partial charge in [0.15, 0.2) is 0 Å². The fraction of sp³-hybridized carbons (Fsp3) is 0.200. The zero-order valence-corrected chi connectivity index (χ0v) is 12.7. The minimum atomic E-state index is 0.226. The van der Waals surface area contributed by atoms with Gasteiger partial charge in [-0.25, -0.2) is 0 Å². The Kier molecular flexibility index (Phi) is 5.12. The monoisotopic (exact) mass is 313 g/mol. The summed E-state index contributed by atoms with van der Waals surface area (Å²) in [4.78, 5) is 0. The van der Waals surface area contributed by atoms with E-state index in [1.54, 1.807) is 6.07 Å². The van der Waals surface area contributed by atoms with Crippen LogP contribution in [0.1, 0.15) is 24.1 Å². The normalized spacial score (nSPS) is 12.4. The molecule has 0 bridgehead atoms. The number of halogens is 3. The molecule has 2 aromatic carbocycles. The van der Waals surface area contributed by atoms with E-state index >= 15 is 0 Å². The van der Waals surface area contributed by atoms with Crippen molar-refractivity contribution in [3.8, 4) is 0 Å². The molecule has 1 atom stereocenters. The summed E-state index contributed by atoms with van der Waals surface area (Å²) >= 11 is 17.9. The van der Waals surface area contributed by atoms with E-state index < -0.39 is 0 Å². The Hall–Kier alpha value is -0.730. The topological polar surface area (TPSA) is 12.0 Å². The summed E-state index contributed by atoms with van der Waals surface area (Å²) in [7, 11) is 0. The Morgan fingerprint density at radius 3 is 2.21 bits per heavy atom. The summed E-state index contributed by atoms with van der Waals surface area (Å²) in [6.07, 6.45) is 0. The lowest BCUT2D eigenvalue weighted by Gasteiger charge is -2.15. The molecule has 1 unspecified atom stereocenters. The molecule has 0 radical (unpaired) electrons. The molecule has 0 saturated heterocycles. The standard InChI is InChI=1S/C15H14Cl3N/c1-10(11-2-5-13(16)6-3-11)19-9-12-4-7-14(17)8-15(12)18/h2-8,10,19H,9H2,1H3. The van der Waals surface area contributed by atoms with Crippen molar-refractivity contribution in [3.05, 3.63) is 68.7 Å². The van der Waals surface area contributed by atoms with Gasteiger partial charge in [-0.1, -0.05) is 53.0 Å². The second kappa shape index (κ2) is 6.62. The van der Waals surface area contributed by atoms with Crippen molar-refractivity contribution in [2.75, 3.05) is 0 Å². The van der Waals surface area contributed by atoms with Gasteiger partial charge < -0.3 is 5.32 Å². The molecule has 0 aromatic heterocycles. The third-order valence-corrected chi connectivity index (χ3v) is 3.82. The van der Waals surface area contributed by atoms with Crippen LogP contribution in [0.4, 0.5) is 0 Å². The number of benzene rings is 2. The van der Waals surface area contributed by atoms with Crippen LogP contribution in [0.5, 0.6) is 0 Å². The zero-order valence-electron chi connectivity index (χ0n) is 10.5. The summed E-state index contributed by atoms with van der Waals surface area (Å²) in [5.41, 5.74) is 2.22. The predicted octanol–water partition coefficient (Wildman–Crippen LogP) is 5.50. The molecule has 0 heterocycles. The Morgan fingerprint density at radius 2 is 1.58 bits per heavy atom. The summed E-state index contributed by atoms with van der Waals surface area (Å²) < 4.78 is 0. The van der Waals surface area contributed by atoms with E-state index in [2.05, 4.69) is 12.2 Å². The Bertz CT molecular complexity index is 552. The molecule has 1 N–H and O–H groups in total. The smallest absolute Gasteiger partial charge is 0.0465 e. The average molecular weight is 315 g/mol. The zero-order chi connectivity index (χ0) is 13.8. The van der Waals surface area contributed by atoms with Gasteiger partial charge in [0.25, 0.3) is 0 Å². The van der Waals surface area contributed by atoms with Gasteiger partial charge in [-0.05, 0) is 42.3 Å². The first-order valence-corrected chi connectivity index (χ1v) is 7.12. The fourth-order valence-electron chi connectivity index (χ4n) is 1.80. The molecule has 100 valence electrons. The van der Waals surface area contributed by atoms with Crippen LogP contribution in [0.3, 0.4) is 0 Å². The lowest BCUT2D eigenvalue weighted by Crippen LogP contribution is -2.18. The van der Waals surface area contributed by atoms with E-state index in [-0.39, 0.29) is 6.04 Å². The lowest BCUT2D eigenvalue weighted by atomic mass is 10.1. The first-order chi connectivity index (χ1) is 9.06. The quantitative estimate of drug-likeness (QED) is 0.786. The van der Waals surface area contributed by atoms with Crippen LogP contribution in [0.2, 0.25) is 15.1 Å². The number of rotatable bonds is 4. The Labute approximate surface area is 128 Å². The summed E-state index contributed by atoms with van der Waals surface area (Å²) in [6, 6.07) is 13.6. The molecule has 2 rings (SSSR count).